The van der Waals surface area contributed by atoms with Gasteiger partial charge in [0.05, 0.1) is 43.2 Å². The number of amides is 3. The average Bonchev–Trinajstić information content (AvgIpc) is 2.69. The van der Waals surface area contributed by atoms with Crippen molar-refractivity contribution in [3.05, 3.63) is 22.7 Å². The molecule has 0 saturated carbocycles. The molecule has 0 atom stereocenters. The fourth-order valence-electron chi connectivity index (χ4n) is 2.30. The second kappa shape index (κ2) is 13.0. The molecular weight excluding hydrogens is 388 g/mol. The molecule has 1 rings (SSSR count). The first-order chi connectivity index (χ1) is 13.4. The zero-order valence-electron chi connectivity index (χ0n) is 16.5. The number of halogens is 1. The van der Waals surface area contributed by atoms with Crippen molar-refractivity contribution in [1.29, 1.82) is 0 Å². The minimum Gasteiger partial charge on any atom is -0.496 e. The van der Waals surface area contributed by atoms with Gasteiger partial charge in [-0.2, -0.15) is 0 Å². The molecule has 9 nitrogen and oxygen atoms in total. The SMILES string of the molecule is CCN(CCNC(=O)c1cc(Cl)c(N)cc1OC)C(=O)NCCOCCOC. The molecule has 1 aromatic rings. The van der Waals surface area contributed by atoms with Crippen molar-refractivity contribution in [2.75, 3.05) is 66.0 Å². The number of rotatable bonds is 12. The molecule has 158 valence electrons. The average molecular weight is 417 g/mol. The first kappa shape index (κ1) is 23.8. The zero-order chi connectivity index (χ0) is 20.9. The quantitative estimate of drug-likeness (QED) is 0.350. The van der Waals surface area contributed by atoms with Gasteiger partial charge in [0.25, 0.3) is 5.91 Å². The molecule has 0 aliphatic rings. The van der Waals surface area contributed by atoms with Crippen molar-refractivity contribution in [2.24, 2.45) is 0 Å². The molecule has 0 spiro atoms. The Bertz CT molecular complexity index is 645. The molecule has 1 aromatic carbocycles. The molecule has 0 saturated heterocycles. The minimum atomic E-state index is -0.359. The third kappa shape index (κ3) is 7.79. The molecule has 0 aliphatic heterocycles. The molecule has 0 bridgehead atoms. The maximum absolute atomic E-state index is 12.4. The number of benzene rings is 1. The minimum absolute atomic E-state index is 0.222. The van der Waals surface area contributed by atoms with Crippen LogP contribution in [0.15, 0.2) is 12.1 Å². The summed E-state index contributed by atoms with van der Waals surface area (Å²) in [6.45, 7) is 4.78. The lowest BCUT2D eigenvalue weighted by molar-refractivity contribution is 0.0721. The maximum atomic E-state index is 12.4. The van der Waals surface area contributed by atoms with E-state index in [9.17, 15) is 9.59 Å². The summed E-state index contributed by atoms with van der Waals surface area (Å²) in [5, 5.41) is 5.79. The lowest BCUT2D eigenvalue weighted by Crippen LogP contribution is -2.44. The Labute approximate surface area is 170 Å². The Morgan fingerprint density at radius 3 is 2.54 bits per heavy atom. The van der Waals surface area contributed by atoms with Crippen molar-refractivity contribution in [1.82, 2.24) is 15.5 Å². The van der Waals surface area contributed by atoms with Crippen LogP contribution in [-0.2, 0) is 9.47 Å². The largest absolute Gasteiger partial charge is 0.496 e. The van der Waals surface area contributed by atoms with Crippen LogP contribution < -0.4 is 21.1 Å². The molecule has 4 N–H and O–H groups in total. The summed E-state index contributed by atoms with van der Waals surface area (Å²) in [6, 6.07) is 2.73. The van der Waals surface area contributed by atoms with Crippen molar-refractivity contribution in [2.45, 2.75) is 6.92 Å². The van der Waals surface area contributed by atoms with Gasteiger partial charge in [-0.15, -0.1) is 0 Å². The summed E-state index contributed by atoms with van der Waals surface area (Å²) in [6.07, 6.45) is 0. The summed E-state index contributed by atoms with van der Waals surface area (Å²) in [5.41, 5.74) is 6.33. The highest BCUT2D eigenvalue weighted by Crippen LogP contribution is 2.28. The fraction of sp³-hybridized carbons (Fsp3) is 0.556. The number of urea groups is 1. The number of likely N-dealkylation sites (N-methyl/N-ethyl adjacent to an activating group) is 1. The molecule has 0 aromatic heterocycles. The summed E-state index contributed by atoms with van der Waals surface area (Å²) >= 11 is 5.98. The van der Waals surface area contributed by atoms with Crippen LogP contribution >= 0.6 is 11.6 Å². The van der Waals surface area contributed by atoms with Gasteiger partial charge < -0.3 is 35.5 Å². The van der Waals surface area contributed by atoms with E-state index in [-0.39, 0.29) is 29.1 Å². The van der Waals surface area contributed by atoms with Crippen LogP contribution in [0, 0.1) is 0 Å². The topological polar surface area (TPSA) is 115 Å². The van der Waals surface area contributed by atoms with E-state index in [1.165, 1.54) is 19.2 Å². The van der Waals surface area contributed by atoms with Crippen LogP contribution in [0.4, 0.5) is 10.5 Å². The van der Waals surface area contributed by atoms with Crippen LogP contribution in [0.5, 0.6) is 5.75 Å². The predicted octanol–water partition coefficient (Wildman–Crippen LogP) is 1.36. The van der Waals surface area contributed by atoms with E-state index in [1.54, 1.807) is 12.0 Å². The second-order valence-electron chi connectivity index (χ2n) is 5.75. The Morgan fingerprint density at radius 1 is 1.14 bits per heavy atom. The van der Waals surface area contributed by atoms with Gasteiger partial charge in [-0.1, -0.05) is 11.6 Å². The van der Waals surface area contributed by atoms with E-state index in [0.29, 0.717) is 50.9 Å². The predicted molar refractivity (Wildman–Crippen MR) is 108 cm³/mol. The van der Waals surface area contributed by atoms with Crippen LogP contribution in [-0.4, -0.2) is 77.1 Å². The van der Waals surface area contributed by atoms with Gasteiger partial charge in [0.1, 0.15) is 5.75 Å². The van der Waals surface area contributed by atoms with Gasteiger partial charge in [-0.3, -0.25) is 4.79 Å². The zero-order valence-corrected chi connectivity index (χ0v) is 17.3. The van der Waals surface area contributed by atoms with E-state index < -0.39 is 0 Å². The van der Waals surface area contributed by atoms with E-state index in [0.717, 1.165) is 0 Å². The van der Waals surface area contributed by atoms with E-state index in [1.807, 2.05) is 6.92 Å². The summed E-state index contributed by atoms with van der Waals surface area (Å²) in [5.74, 6) is -0.0280. The molecular formula is C18H29ClN4O5. The third-order valence-corrected chi connectivity index (χ3v) is 4.18. The van der Waals surface area contributed by atoms with Gasteiger partial charge in [0.2, 0.25) is 0 Å². The van der Waals surface area contributed by atoms with Gasteiger partial charge in [-0.05, 0) is 13.0 Å². The summed E-state index contributed by atoms with van der Waals surface area (Å²) < 4.78 is 15.3. The highest BCUT2D eigenvalue weighted by atomic mass is 35.5. The standard InChI is InChI=1S/C18H29ClN4O5/c1-4-23(18(25)22-6-8-28-10-9-26-2)7-5-21-17(24)13-11-14(19)15(20)12-16(13)27-3/h11-12H,4-10,20H2,1-3H3,(H,21,24)(H,22,25). The Morgan fingerprint density at radius 2 is 1.89 bits per heavy atom. The van der Waals surface area contributed by atoms with E-state index >= 15 is 0 Å². The first-order valence-electron chi connectivity index (χ1n) is 8.95. The lowest BCUT2D eigenvalue weighted by Gasteiger charge is -2.21. The molecule has 0 heterocycles. The number of nitrogens with two attached hydrogens (primary N) is 1. The lowest BCUT2D eigenvalue weighted by atomic mass is 10.1. The van der Waals surface area contributed by atoms with Crippen molar-refractivity contribution in [3.63, 3.8) is 0 Å². The Kier molecular flexibility index (Phi) is 11.1. The van der Waals surface area contributed by atoms with Crippen molar-refractivity contribution >= 4 is 29.2 Å². The summed E-state index contributed by atoms with van der Waals surface area (Å²) in [7, 11) is 3.04. The monoisotopic (exact) mass is 416 g/mol. The Balaban J connectivity index is 2.44. The van der Waals surface area contributed by atoms with E-state index in [2.05, 4.69) is 10.6 Å². The number of nitrogen functional groups attached to an aromatic ring is 1. The number of carbonyl (C=O) groups excluding carboxylic acids is 2. The van der Waals surface area contributed by atoms with Crippen LogP contribution in [0.2, 0.25) is 5.02 Å². The molecule has 0 fully saturated rings. The second-order valence-corrected chi connectivity index (χ2v) is 6.15. The Hall–Kier alpha value is -2.23. The normalized spacial score (nSPS) is 10.4. The van der Waals surface area contributed by atoms with Gasteiger partial charge in [-0.25, -0.2) is 4.79 Å². The van der Waals surface area contributed by atoms with Crippen LogP contribution in [0.3, 0.4) is 0 Å². The van der Waals surface area contributed by atoms with E-state index in [4.69, 9.17) is 31.5 Å². The third-order valence-electron chi connectivity index (χ3n) is 3.85. The van der Waals surface area contributed by atoms with Crippen molar-refractivity contribution in [3.8, 4) is 5.75 Å². The molecule has 3 amide bonds. The molecule has 0 unspecified atom stereocenters. The first-order valence-corrected chi connectivity index (χ1v) is 9.33. The molecule has 10 heteroatoms. The number of hydrogen-bond acceptors (Lipinski definition) is 6. The molecule has 0 radical (unpaired) electrons. The number of carbonyl (C=O) groups is 2. The number of nitrogens with zero attached hydrogens (tertiary/aromatic N) is 1. The molecule has 0 aliphatic carbocycles. The smallest absolute Gasteiger partial charge is 0.317 e. The van der Waals surface area contributed by atoms with Crippen molar-refractivity contribution < 1.29 is 23.8 Å². The van der Waals surface area contributed by atoms with Crippen LogP contribution in [0.25, 0.3) is 0 Å². The summed E-state index contributed by atoms with van der Waals surface area (Å²) in [4.78, 5) is 26.1. The maximum Gasteiger partial charge on any atom is 0.317 e. The highest BCUT2D eigenvalue weighted by Gasteiger charge is 2.16. The number of methoxy groups -OCH3 is 2. The van der Waals surface area contributed by atoms with Gasteiger partial charge in [0.15, 0.2) is 0 Å². The number of nitrogens with one attached hydrogen (secondary N) is 2. The molecule has 28 heavy (non-hydrogen) atoms. The van der Waals surface area contributed by atoms with Gasteiger partial charge in [0, 0.05) is 39.4 Å². The fourth-order valence-corrected chi connectivity index (χ4v) is 2.47. The van der Waals surface area contributed by atoms with Gasteiger partial charge >= 0.3 is 6.03 Å². The van der Waals surface area contributed by atoms with Crippen LogP contribution in [0.1, 0.15) is 17.3 Å². The number of anilines is 1. The highest BCUT2D eigenvalue weighted by molar-refractivity contribution is 6.33. The number of ether oxygens (including phenoxy) is 3. The number of hydrogen-bond donors (Lipinski definition) is 3.